The zero-order valence-corrected chi connectivity index (χ0v) is 18.5. The molecule has 1 aliphatic heterocycles. The van der Waals surface area contributed by atoms with Crippen molar-refractivity contribution in [1.82, 2.24) is 24.8 Å². The van der Waals surface area contributed by atoms with Crippen LogP contribution in [0.15, 0.2) is 85.5 Å². The van der Waals surface area contributed by atoms with Crippen molar-refractivity contribution in [3.8, 4) is 5.69 Å². The van der Waals surface area contributed by atoms with Crippen LogP contribution < -0.4 is 5.32 Å². The second-order valence-electron chi connectivity index (χ2n) is 7.51. The molecule has 5 nitrogen and oxygen atoms in total. The van der Waals surface area contributed by atoms with Gasteiger partial charge in [-0.25, -0.2) is 4.39 Å². The van der Waals surface area contributed by atoms with Gasteiger partial charge in [-0.2, -0.15) is 0 Å². The number of rotatable bonds is 5. The average molecular weight is 464 g/mol. The summed E-state index contributed by atoms with van der Waals surface area (Å²) in [5.74, 6) is -0.446. The molecule has 5 rings (SSSR count). The Morgan fingerprint density at radius 3 is 2.62 bits per heavy atom. The van der Waals surface area contributed by atoms with Gasteiger partial charge in [-0.15, -0.1) is 0 Å². The summed E-state index contributed by atoms with van der Waals surface area (Å²) in [5, 5.41) is 4.18. The molecule has 1 aromatic carbocycles. The number of hydrogen-bond acceptors (Lipinski definition) is 3. The molecule has 0 radical (unpaired) electrons. The van der Waals surface area contributed by atoms with Gasteiger partial charge in [-0.3, -0.25) is 9.97 Å². The van der Waals surface area contributed by atoms with E-state index >= 15 is 0 Å². The summed E-state index contributed by atoms with van der Waals surface area (Å²) in [4.78, 5) is 10.9. The fourth-order valence-electron chi connectivity index (χ4n) is 4.09. The number of hydrogen-bond donors (Lipinski definition) is 1. The molecule has 2 atom stereocenters. The summed E-state index contributed by atoms with van der Waals surface area (Å²) in [6.07, 6.45) is 7.27. The van der Waals surface area contributed by atoms with E-state index in [0.29, 0.717) is 11.7 Å². The molecule has 0 aliphatic carbocycles. The second kappa shape index (κ2) is 8.68. The van der Waals surface area contributed by atoms with Crippen molar-refractivity contribution in [2.24, 2.45) is 0 Å². The highest BCUT2D eigenvalue weighted by Crippen LogP contribution is 2.40. The van der Waals surface area contributed by atoms with Crippen LogP contribution in [0.1, 0.15) is 29.0 Å². The molecule has 0 saturated carbocycles. The third kappa shape index (κ3) is 3.85. The van der Waals surface area contributed by atoms with Gasteiger partial charge in [0.25, 0.3) is 0 Å². The topological polar surface area (TPSA) is 46.0 Å². The lowest BCUT2D eigenvalue weighted by atomic mass is 10.0. The summed E-state index contributed by atoms with van der Waals surface area (Å²) >= 11 is 11.8. The first-order valence-corrected chi connectivity index (χ1v) is 10.9. The second-order valence-corrected chi connectivity index (χ2v) is 8.31. The molecule has 0 spiro atoms. The standard InChI is InChI=1S/C24H19ClFN5S/c25-18-14-17(6-7-19(18)26)30-13-3-5-21(30)23-22(20-4-1-2-10-28-20)29-24(32)31(23)15-16-8-11-27-12-9-16/h1-14,22-23H,15H2,(H,29,32). The first-order chi connectivity index (χ1) is 15.6. The van der Waals surface area contributed by atoms with Crippen molar-refractivity contribution < 1.29 is 4.39 Å². The molecular weight excluding hydrogens is 445 g/mol. The van der Waals surface area contributed by atoms with Gasteiger partial charge in [0, 0.05) is 42.7 Å². The maximum atomic E-state index is 13.8. The molecule has 3 aromatic heterocycles. The van der Waals surface area contributed by atoms with Gasteiger partial charge in [0.2, 0.25) is 0 Å². The van der Waals surface area contributed by atoms with Gasteiger partial charge >= 0.3 is 0 Å². The minimum Gasteiger partial charge on any atom is -0.352 e. The van der Waals surface area contributed by atoms with Gasteiger partial charge in [-0.1, -0.05) is 17.7 Å². The van der Waals surface area contributed by atoms with Gasteiger partial charge in [-0.05, 0) is 72.4 Å². The zero-order chi connectivity index (χ0) is 22.1. The molecule has 1 aliphatic rings. The minimum atomic E-state index is -0.446. The summed E-state index contributed by atoms with van der Waals surface area (Å²) in [6.45, 7) is 0.609. The fourth-order valence-corrected chi connectivity index (χ4v) is 4.57. The minimum absolute atomic E-state index is 0.0807. The largest absolute Gasteiger partial charge is 0.352 e. The number of pyridine rings is 2. The van der Waals surface area contributed by atoms with Crippen LogP contribution in [0.3, 0.4) is 0 Å². The number of aromatic nitrogens is 3. The maximum absolute atomic E-state index is 13.8. The highest BCUT2D eigenvalue weighted by molar-refractivity contribution is 7.80. The summed E-state index contributed by atoms with van der Waals surface area (Å²) < 4.78 is 15.8. The molecule has 1 N–H and O–H groups in total. The van der Waals surface area contributed by atoms with Crippen molar-refractivity contribution in [3.63, 3.8) is 0 Å². The quantitative estimate of drug-likeness (QED) is 0.410. The average Bonchev–Trinajstić information content (AvgIpc) is 3.42. The highest BCUT2D eigenvalue weighted by atomic mass is 35.5. The number of benzene rings is 1. The first kappa shape index (κ1) is 20.6. The van der Waals surface area contributed by atoms with Crippen molar-refractivity contribution >= 4 is 28.9 Å². The molecular formula is C24H19ClFN5S. The van der Waals surface area contributed by atoms with Gasteiger partial charge < -0.3 is 14.8 Å². The lowest BCUT2D eigenvalue weighted by molar-refractivity contribution is 0.302. The molecule has 4 aromatic rings. The zero-order valence-electron chi connectivity index (χ0n) is 16.9. The van der Waals surface area contributed by atoms with Crippen molar-refractivity contribution in [3.05, 3.63) is 113 Å². The van der Waals surface area contributed by atoms with E-state index in [1.165, 1.54) is 6.07 Å². The van der Waals surface area contributed by atoms with E-state index in [1.807, 2.05) is 53.2 Å². The smallest absolute Gasteiger partial charge is 0.170 e. The maximum Gasteiger partial charge on any atom is 0.170 e. The van der Waals surface area contributed by atoms with Crippen LogP contribution in [0.25, 0.3) is 5.69 Å². The molecule has 0 amide bonds. The van der Waals surface area contributed by atoms with Crippen LogP contribution in [-0.4, -0.2) is 24.5 Å². The molecule has 8 heteroatoms. The first-order valence-electron chi connectivity index (χ1n) is 10.1. The van der Waals surface area contributed by atoms with Crippen LogP contribution >= 0.6 is 23.8 Å². The molecule has 32 heavy (non-hydrogen) atoms. The van der Waals surface area contributed by atoms with Crippen molar-refractivity contribution in [2.75, 3.05) is 0 Å². The Kier molecular flexibility index (Phi) is 5.59. The van der Waals surface area contributed by atoms with Crippen LogP contribution in [0.2, 0.25) is 5.02 Å². The van der Waals surface area contributed by atoms with E-state index in [-0.39, 0.29) is 17.1 Å². The van der Waals surface area contributed by atoms with Crippen LogP contribution in [0.5, 0.6) is 0 Å². The lowest BCUT2D eigenvalue weighted by Gasteiger charge is -2.29. The van der Waals surface area contributed by atoms with E-state index in [9.17, 15) is 4.39 Å². The van der Waals surface area contributed by atoms with Gasteiger partial charge in [0.15, 0.2) is 5.11 Å². The van der Waals surface area contributed by atoms with E-state index in [4.69, 9.17) is 23.8 Å². The molecule has 4 heterocycles. The number of halogens is 2. The van der Waals surface area contributed by atoms with Gasteiger partial charge in [0.05, 0.1) is 22.8 Å². The van der Waals surface area contributed by atoms with Crippen LogP contribution in [0.4, 0.5) is 4.39 Å². The molecule has 1 saturated heterocycles. The number of nitrogens with one attached hydrogen (secondary N) is 1. The normalized spacial score (nSPS) is 18.1. The number of nitrogens with zero attached hydrogens (tertiary/aromatic N) is 4. The van der Waals surface area contributed by atoms with Crippen LogP contribution in [-0.2, 0) is 6.54 Å². The molecule has 160 valence electrons. The molecule has 1 fully saturated rings. The summed E-state index contributed by atoms with van der Waals surface area (Å²) in [5.41, 5.74) is 3.75. The van der Waals surface area contributed by atoms with Crippen molar-refractivity contribution in [2.45, 2.75) is 18.6 Å². The Bertz CT molecular complexity index is 1250. The van der Waals surface area contributed by atoms with Crippen LogP contribution in [0, 0.1) is 5.82 Å². The third-order valence-electron chi connectivity index (χ3n) is 5.56. The predicted octanol–water partition coefficient (Wildman–Crippen LogP) is 5.23. The summed E-state index contributed by atoms with van der Waals surface area (Å²) in [6, 6.07) is 18.2. The molecule has 2 unspecified atom stereocenters. The van der Waals surface area contributed by atoms with E-state index in [0.717, 1.165) is 22.6 Å². The monoisotopic (exact) mass is 463 g/mol. The van der Waals surface area contributed by atoms with E-state index < -0.39 is 5.82 Å². The SMILES string of the molecule is Fc1ccc(-n2cccc2C2C(c3ccccn3)NC(=S)N2Cc2ccncc2)cc1Cl. The Morgan fingerprint density at radius 2 is 1.88 bits per heavy atom. The number of thiocarbonyl (C=S) groups is 1. The highest BCUT2D eigenvalue weighted by Gasteiger charge is 2.41. The lowest BCUT2D eigenvalue weighted by Crippen LogP contribution is -2.30. The fraction of sp³-hybridized carbons (Fsp3) is 0.125. The van der Waals surface area contributed by atoms with E-state index in [2.05, 4.69) is 20.2 Å². The Balaban J connectivity index is 1.61. The third-order valence-corrected chi connectivity index (χ3v) is 6.21. The Labute approximate surface area is 195 Å². The molecule has 0 bridgehead atoms. The summed E-state index contributed by atoms with van der Waals surface area (Å²) in [7, 11) is 0. The predicted molar refractivity (Wildman–Crippen MR) is 126 cm³/mol. The van der Waals surface area contributed by atoms with Gasteiger partial charge in [0.1, 0.15) is 5.82 Å². The van der Waals surface area contributed by atoms with Crippen molar-refractivity contribution in [1.29, 1.82) is 0 Å². The Hall–Kier alpha value is -3.29. The van der Waals surface area contributed by atoms with E-state index in [1.54, 1.807) is 30.7 Å². The Morgan fingerprint density at radius 1 is 1.03 bits per heavy atom.